The second-order valence-corrected chi connectivity index (χ2v) is 4.83. The van der Waals surface area contributed by atoms with E-state index in [1.807, 2.05) is 48.5 Å². The molecule has 21 heavy (non-hydrogen) atoms. The van der Waals surface area contributed by atoms with Crippen LogP contribution in [0.2, 0.25) is 0 Å². The normalized spacial score (nSPS) is 12.0. The molecule has 0 fully saturated rings. The lowest BCUT2D eigenvalue weighted by molar-refractivity contribution is -0.124. The Morgan fingerprint density at radius 1 is 0.857 bits per heavy atom. The predicted molar refractivity (Wildman–Crippen MR) is 84.0 cm³/mol. The molecular weight excluding hydrogens is 262 g/mol. The quantitative estimate of drug-likeness (QED) is 0.769. The fraction of sp³-hybridized carbons (Fsp3) is 0.0556. The monoisotopic (exact) mass is 277 g/mol. The second kappa shape index (κ2) is 5.77. The first-order valence-electron chi connectivity index (χ1n) is 6.77. The standard InChI is InChI=1S/C18H15NO2/c20-17(14-8-2-1-3-9-14)18(21)19-16-12-6-10-13-7-4-5-11-15(13)16/h1-12,17,20H,(H,19,21). The summed E-state index contributed by atoms with van der Waals surface area (Å²) in [5, 5.41) is 14.9. The molecule has 3 heteroatoms. The van der Waals surface area contributed by atoms with Crippen LogP contribution in [0.1, 0.15) is 11.7 Å². The molecule has 3 nitrogen and oxygen atoms in total. The highest BCUT2D eigenvalue weighted by Gasteiger charge is 2.17. The summed E-state index contributed by atoms with van der Waals surface area (Å²) in [6.07, 6.45) is -1.18. The third-order valence-electron chi connectivity index (χ3n) is 3.41. The molecule has 0 bridgehead atoms. The zero-order valence-electron chi connectivity index (χ0n) is 11.4. The second-order valence-electron chi connectivity index (χ2n) is 4.83. The molecule has 0 spiro atoms. The first-order valence-corrected chi connectivity index (χ1v) is 6.77. The van der Waals surface area contributed by atoms with Crippen LogP contribution in [0, 0.1) is 0 Å². The Morgan fingerprint density at radius 3 is 2.33 bits per heavy atom. The van der Waals surface area contributed by atoms with Crippen molar-refractivity contribution in [1.29, 1.82) is 0 Å². The van der Waals surface area contributed by atoms with E-state index in [0.29, 0.717) is 11.3 Å². The summed E-state index contributed by atoms with van der Waals surface area (Å²) in [7, 11) is 0. The molecule has 0 saturated heterocycles. The summed E-state index contributed by atoms with van der Waals surface area (Å²) in [4.78, 5) is 12.2. The molecule has 3 rings (SSSR count). The number of carbonyl (C=O) groups excluding carboxylic acids is 1. The molecule has 104 valence electrons. The lowest BCUT2D eigenvalue weighted by Crippen LogP contribution is -2.20. The van der Waals surface area contributed by atoms with E-state index in [2.05, 4.69) is 5.32 Å². The summed E-state index contributed by atoms with van der Waals surface area (Å²) < 4.78 is 0. The molecule has 2 N–H and O–H groups in total. The average molecular weight is 277 g/mol. The maximum Gasteiger partial charge on any atom is 0.257 e. The third-order valence-corrected chi connectivity index (χ3v) is 3.41. The number of aliphatic hydroxyl groups excluding tert-OH is 1. The van der Waals surface area contributed by atoms with Crippen molar-refractivity contribution in [2.45, 2.75) is 6.10 Å². The van der Waals surface area contributed by atoms with E-state index in [0.717, 1.165) is 10.8 Å². The van der Waals surface area contributed by atoms with Crippen LogP contribution < -0.4 is 5.32 Å². The number of nitrogens with one attached hydrogen (secondary N) is 1. The van der Waals surface area contributed by atoms with Gasteiger partial charge in [-0.05, 0) is 17.0 Å². The van der Waals surface area contributed by atoms with E-state index in [4.69, 9.17) is 0 Å². The van der Waals surface area contributed by atoms with E-state index in [1.165, 1.54) is 0 Å². The fourth-order valence-corrected chi connectivity index (χ4v) is 2.32. The lowest BCUT2D eigenvalue weighted by atomic mass is 10.1. The van der Waals surface area contributed by atoms with Gasteiger partial charge in [-0.3, -0.25) is 4.79 Å². The van der Waals surface area contributed by atoms with Gasteiger partial charge in [0.2, 0.25) is 0 Å². The van der Waals surface area contributed by atoms with E-state index in [9.17, 15) is 9.90 Å². The number of amides is 1. The number of fused-ring (bicyclic) bond motifs is 1. The van der Waals surface area contributed by atoms with Gasteiger partial charge in [0.1, 0.15) is 0 Å². The van der Waals surface area contributed by atoms with Gasteiger partial charge in [-0.15, -0.1) is 0 Å². The highest BCUT2D eigenvalue weighted by Crippen LogP contribution is 2.24. The molecule has 1 atom stereocenters. The number of anilines is 1. The Morgan fingerprint density at radius 2 is 1.52 bits per heavy atom. The molecule has 0 heterocycles. The van der Waals surface area contributed by atoms with Crippen LogP contribution in [0.3, 0.4) is 0 Å². The molecule has 0 radical (unpaired) electrons. The summed E-state index contributed by atoms with van der Waals surface area (Å²) in [6.45, 7) is 0. The van der Waals surface area contributed by atoms with Crippen molar-refractivity contribution in [3.05, 3.63) is 78.4 Å². The van der Waals surface area contributed by atoms with E-state index in [1.54, 1.807) is 24.3 Å². The van der Waals surface area contributed by atoms with Crippen LogP contribution in [0.5, 0.6) is 0 Å². The number of hydrogen-bond acceptors (Lipinski definition) is 2. The van der Waals surface area contributed by atoms with Crippen LogP contribution >= 0.6 is 0 Å². The van der Waals surface area contributed by atoms with Crippen LogP contribution in [0.15, 0.2) is 72.8 Å². The maximum absolute atomic E-state index is 12.2. The Balaban J connectivity index is 1.87. The van der Waals surface area contributed by atoms with Crippen LogP contribution in [0.4, 0.5) is 5.69 Å². The topological polar surface area (TPSA) is 49.3 Å². The maximum atomic E-state index is 12.2. The SMILES string of the molecule is O=C(Nc1cccc2ccccc12)C(O)c1ccccc1. The molecular formula is C18H15NO2. The van der Waals surface area contributed by atoms with E-state index in [-0.39, 0.29) is 0 Å². The zero-order valence-corrected chi connectivity index (χ0v) is 11.4. The number of rotatable bonds is 3. The van der Waals surface area contributed by atoms with Gasteiger partial charge in [0.05, 0.1) is 0 Å². The van der Waals surface area contributed by atoms with Crippen molar-refractivity contribution in [3.63, 3.8) is 0 Å². The molecule has 0 saturated carbocycles. The molecule has 0 aliphatic carbocycles. The average Bonchev–Trinajstić information content (AvgIpc) is 2.55. The number of benzene rings is 3. The fourth-order valence-electron chi connectivity index (χ4n) is 2.32. The summed E-state index contributed by atoms with van der Waals surface area (Å²) in [6, 6.07) is 22.4. The summed E-state index contributed by atoms with van der Waals surface area (Å²) >= 11 is 0. The highest BCUT2D eigenvalue weighted by molar-refractivity contribution is 6.03. The Labute approximate surface area is 122 Å². The Bertz CT molecular complexity index is 763. The third kappa shape index (κ3) is 2.78. The molecule has 0 aliphatic heterocycles. The summed E-state index contributed by atoms with van der Waals surface area (Å²) in [5.74, 6) is -0.433. The first kappa shape index (κ1) is 13.3. The van der Waals surface area contributed by atoms with Crippen molar-refractivity contribution in [2.24, 2.45) is 0 Å². The van der Waals surface area contributed by atoms with E-state index >= 15 is 0 Å². The van der Waals surface area contributed by atoms with Crippen LogP contribution in [0.25, 0.3) is 10.8 Å². The van der Waals surface area contributed by atoms with Gasteiger partial charge in [0, 0.05) is 11.1 Å². The minimum Gasteiger partial charge on any atom is -0.378 e. The number of hydrogen-bond donors (Lipinski definition) is 2. The van der Waals surface area contributed by atoms with Crippen LogP contribution in [-0.4, -0.2) is 11.0 Å². The van der Waals surface area contributed by atoms with Gasteiger partial charge in [-0.2, -0.15) is 0 Å². The van der Waals surface area contributed by atoms with Crippen molar-refractivity contribution < 1.29 is 9.90 Å². The van der Waals surface area contributed by atoms with Crippen molar-refractivity contribution >= 4 is 22.4 Å². The van der Waals surface area contributed by atoms with Gasteiger partial charge in [0.15, 0.2) is 6.10 Å². The molecule has 3 aromatic carbocycles. The Kier molecular flexibility index (Phi) is 3.67. The minimum absolute atomic E-state index is 0.433. The lowest BCUT2D eigenvalue weighted by Gasteiger charge is -2.13. The minimum atomic E-state index is -1.18. The Hall–Kier alpha value is -2.65. The molecule has 3 aromatic rings. The summed E-state index contributed by atoms with van der Waals surface area (Å²) in [5.41, 5.74) is 1.28. The van der Waals surface area contributed by atoms with Crippen molar-refractivity contribution in [1.82, 2.24) is 0 Å². The van der Waals surface area contributed by atoms with Gasteiger partial charge in [-0.25, -0.2) is 0 Å². The smallest absolute Gasteiger partial charge is 0.257 e. The number of carbonyl (C=O) groups is 1. The van der Waals surface area contributed by atoms with Gasteiger partial charge >= 0.3 is 0 Å². The zero-order chi connectivity index (χ0) is 14.7. The predicted octanol–water partition coefficient (Wildman–Crippen LogP) is 3.51. The van der Waals surface area contributed by atoms with E-state index < -0.39 is 12.0 Å². The molecule has 1 amide bonds. The molecule has 0 aliphatic rings. The molecule has 1 unspecified atom stereocenters. The number of aliphatic hydroxyl groups is 1. The van der Waals surface area contributed by atoms with Crippen LogP contribution in [-0.2, 0) is 4.79 Å². The van der Waals surface area contributed by atoms with Crippen molar-refractivity contribution in [2.75, 3.05) is 5.32 Å². The first-order chi connectivity index (χ1) is 10.3. The van der Waals surface area contributed by atoms with Gasteiger partial charge in [0.25, 0.3) is 5.91 Å². The highest BCUT2D eigenvalue weighted by atomic mass is 16.3. The van der Waals surface area contributed by atoms with Gasteiger partial charge < -0.3 is 10.4 Å². The van der Waals surface area contributed by atoms with Gasteiger partial charge in [-0.1, -0.05) is 66.7 Å². The largest absolute Gasteiger partial charge is 0.378 e. The van der Waals surface area contributed by atoms with Crippen molar-refractivity contribution in [3.8, 4) is 0 Å². The molecule has 0 aromatic heterocycles.